The van der Waals surface area contributed by atoms with E-state index in [0.29, 0.717) is 44.0 Å². The van der Waals surface area contributed by atoms with Crippen LogP contribution in [0.2, 0.25) is 20.1 Å². The summed E-state index contributed by atoms with van der Waals surface area (Å²) in [5.74, 6) is 7.12. The van der Waals surface area contributed by atoms with E-state index in [1.165, 1.54) is 37.0 Å². The Morgan fingerprint density at radius 1 is 0.750 bits per heavy atom. The molecule has 6 rings (SSSR count). The molecule has 4 aromatic rings. The molecule has 0 heterocycles. The number of aliphatic hydroxyl groups excluding tert-OH is 1. The zero-order valence-electron chi connectivity index (χ0n) is 27.0. The topological polar surface area (TPSA) is 48.9 Å². The Hall–Kier alpha value is -1.06. The van der Waals surface area contributed by atoms with Crippen molar-refractivity contribution in [1.82, 2.24) is 5.32 Å². The second-order valence-electron chi connectivity index (χ2n) is 12.1. The Bertz CT molecular complexity index is 1770. The van der Waals surface area contributed by atoms with Gasteiger partial charge in [-0.3, -0.25) is 0 Å². The maximum absolute atomic E-state index is 8.87. The van der Waals surface area contributed by atoms with Gasteiger partial charge in [0, 0.05) is 52.0 Å². The number of aliphatic hydroxyl groups is 1. The average Bonchev–Trinajstić information content (AvgIpc) is 3.08. The van der Waals surface area contributed by atoms with Gasteiger partial charge in [0.25, 0.3) is 0 Å². The largest absolute Gasteiger partial charge is 1.00 e. The van der Waals surface area contributed by atoms with Crippen molar-refractivity contribution in [3.05, 3.63) is 135 Å². The second kappa shape index (κ2) is 19.0. The summed E-state index contributed by atoms with van der Waals surface area (Å²) in [6, 6.07) is 26.2. The van der Waals surface area contributed by atoms with Crippen LogP contribution in [0.15, 0.2) is 72.8 Å². The molecule has 254 valence electrons. The van der Waals surface area contributed by atoms with E-state index in [-0.39, 0.29) is 30.6 Å². The summed E-state index contributed by atoms with van der Waals surface area (Å²) < 4.78 is 1.28. The van der Waals surface area contributed by atoms with Crippen molar-refractivity contribution in [1.29, 1.82) is 0 Å². The van der Waals surface area contributed by atoms with E-state index in [1.54, 1.807) is 0 Å². The number of rotatable bonds is 6. The highest BCUT2D eigenvalue weighted by molar-refractivity contribution is 14.1. The minimum Gasteiger partial charge on any atom is -1.00 e. The molecule has 0 fully saturated rings. The number of hydrogen-bond donors (Lipinski definition) is 3. The van der Waals surface area contributed by atoms with E-state index in [4.69, 9.17) is 51.5 Å². The van der Waals surface area contributed by atoms with Gasteiger partial charge in [-0.05, 0) is 132 Å². The van der Waals surface area contributed by atoms with Crippen LogP contribution in [-0.4, -0.2) is 25.8 Å². The fourth-order valence-electron chi connectivity index (χ4n) is 6.89. The Kier molecular flexibility index (Phi) is 15.7. The molecule has 2 aliphatic rings. The molecule has 0 aliphatic heterocycles. The SMILES string of the molecule is CN[C@H]1CC[C@@H](c2ccc(Cl)c(Cl)c2)c2ccc(I)cc21.C[NH2+][C@H]1CC[C@@H](c2ccc(Cl)c(Cl)c2)c2ccc(C#CCCCO)cc21.[I-]. The highest BCUT2D eigenvalue weighted by atomic mass is 127. The lowest BCUT2D eigenvalue weighted by molar-refractivity contribution is -0.671. The lowest BCUT2D eigenvalue weighted by Gasteiger charge is -2.32. The van der Waals surface area contributed by atoms with Crippen molar-refractivity contribution in [2.45, 2.75) is 62.4 Å². The van der Waals surface area contributed by atoms with Crippen LogP contribution < -0.4 is 34.6 Å². The monoisotopic (exact) mass is 946 g/mol. The smallest absolute Gasteiger partial charge is 0.112 e. The minimum absolute atomic E-state index is 0. The first kappa shape index (κ1) is 39.7. The van der Waals surface area contributed by atoms with Crippen LogP contribution in [0.4, 0.5) is 0 Å². The number of hydrogen-bond acceptors (Lipinski definition) is 2. The third kappa shape index (κ3) is 9.63. The van der Waals surface area contributed by atoms with Crippen LogP contribution in [-0.2, 0) is 0 Å². The van der Waals surface area contributed by atoms with Crippen LogP contribution in [0, 0.1) is 15.4 Å². The third-order valence-corrected chi connectivity index (χ3v) is 11.5. The zero-order valence-corrected chi connectivity index (χ0v) is 34.3. The molecule has 0 saturated heterocycles. The van der Waals surface area contributed by atoms with E-state index in [1.807, 2.05) is 31.3 Å². The zero-order chi connectivity index (χ0) is 33.5. The van der Waals surface area contributed by atoms with Crippen molar-refractivity contribution in [2.75, 3.05) is 20.7 Å². The van der Waals surface area contributed by atoms with Crippen LogP contribution in [0.1, 0.15) is 101 Å². The van der Waals surface area contributed by atoms with Crippen molar-refractivity contribution < 1.29 is 34.4 Å². The summed E-state index contributed by atoms with van der Waals surface area (Å²) in [7, 11) is 4.17. The first-order valence-electron chi connectivity index (χ1n) is 16.1. The number of benzene rings is 4. The third-order valence-electron chi connectivity index (χ3n) is 9.31. The van der Waals surface area contributed by atoms with Gasteiger partial charge in [-0.1, -0.05) is 82.5 Å². The summed E-state index contributed by atoms with van der Waals surface area (Å²) in [5.41, 5.74) is 9.05. The van der Waals surface area contributed by atoms with Gasteiger partial charge in [0.1, 0.15) is 6.04 Å². The predicted molar refractivity (Wildman–Crippen MR) is 206 cm³/mol. The normalized spacial score (nSPS) is 19.4. The molecule has 0 amide bonds. The van der Waals surface area contributed by atoms with Gasteiger partial charge in [0.15, 0.2) is 0 Å². The van der Waals surface area contributed by atoms with E-state index in [0.717, 1.165) is 44.1 Å². The van der Waals surface area contributed by atoms with Gasteiger partial charge in [-0.25, -0.2) is 0 Å². The van der Waals surface area contributed by atoms with Gasteiger partial charge in [0.2, 0.25) is 0 Å². The van der Waals surface area contributed by atoms with Crippen molar-refractivity contribution in [2.24, 2.45) is 0 Å². The minimum atomic E-state index is 0. The van der Waals surface area contributed by atoms with Gasteiger partial charge in [0.05, 0.1) is 27.1 Å². The lowest BCUT2D eigenvalue weighted by Crippen LogP contribution is -3.00. The molecular formula is C39H40Cl4I2N2O. The molecule has 9 heteroatoms. The predicted octanol–water partition coefficient (Wildman–Crippen LogP) is 7.07. The van der Waals surface area contributed by atoms with Crippen LogP contribution in [0.3, 0.4) is 0 Å². The van der Waals surface area contributed by atoms with E-state index < -0.39 is 0 Å². The van der Waals surface area contributed by atoms with Gasteiger partial charge >= 0.3 is 0 Å². The number of halogens is 6. The van der Waals surface area contributed by atoms with Crippen molar-refractivity contribution in [3.63, 3.8) is 0 Å². The van der Waals surface area contributed by atoms with E-state index in [9.17, 15) is 0 Å². The average molecular weight is 948 g/mol. The molecule has 2 aliphatic carbocycles. The molecular weight excluding hydrogens is 908 g/mol. The molecule has 48 heavy (non-hydrogen) atoms. The van der Waals surface area contributed by atoms with Crippen LogP contribution in [0.5, 0.6) is 0 Å². The fourth-order valence-corrected chi connectivity index (χ4v) is 8.01. The van der Waals surface area contributed by atoms with Gasteiger partial charge < -0.3 is 39.7 Å². The maximum Gasteiger partial charge on any atom is 0.112 e. The quantitative estimate of drug-likeness (QED) is 0.110. The fraction of sp³-hybridized carbons (Fsp3) is 0.333. The molecule has 4 atom stereocenters. The molecule has 3 nitrogen and oxygen atoms in total. The highest BCUT2D eigenvalue weighted by Gasteiger charge is 2.30. The first-order chi connectivity index (χ1) is 22.7. The van der Waals surface area contributed by atoms with Crippen LogP contribution >= 0.6 is 69.0 Å². The van der Waals surface area contributed by atoms with E-state index in [2.05, 4.69) is 101 Å². The number of nitrogens with two attached hydrogens (primary N) is 1. The number of fused-ring (bicyclic) bond motifs is 2. The summed E-state index contributed by atoms with van der Waals surface area (Å²) in [6.45, 7) is 0.192. The molecule has 0 aromatic heterocycles. The summed E-state index contributed by atoms with van der Waals surface area (Å²) in [4.78, 5) is 0. The Morgan fingerprint density at radius 3 is 1.94 bits per heavy atom. The van der Waals surface area contributed by atoms with Crippen LogP contribution in [0.25, 0.3) is 0 Å². The van der Waals surface area contributed by atoms with E-state index >= 15 is 0 Å². The Morgan fingerprint density at radius 2 is 1.35 bits per heavy atom. The summed E-state index contributed by atoms with van der Waals surface area (Å²) >= 11 is 27.0. The molecule has 0 spiro atoms. The highest BCUT2D eigenvalue weighted by Crippen LogP contribution is 2.43. The molecule has 0 saturated carbocycles. The number of quaternary nitrogens is 1. The second-order valence-corrected chi connectivity index (χ2v) is 15.0. The van der Waals surface area contributed by atoms with Gasteiger partial charge in [-0.2, -0.15) is 0 Å². The molecule has 0 unspecified atom stereocenters. The standard InChI is InChI=1S/C22H23Cl2NO.C17H16Cl2IN.HI/c1-25-22-11-9-17(16-7-10-20(23)21(24)14-16)18-8-6-15(13-19(18)22)5-3-2-4-12-26;1-21-17-7-5-12(10-2-6-15(18)16(19)8-10)13-4-3-11(20)9-14(13)17;/h6-8,10,13-14,17,22,25-26H,2,4,9,11-12H2,1H3;2-4,6,8-9,12,17,21H,5,7H2,1H3;1H/t17-,22-;12-,17-;/m00./s1. The molecule has 0 bridgehead atoms. The van der Waals surface area contributed by atoms with Crippen molar-refractivity contribution in [3.8, 4) is 11.8 Å². The number of nitrogens with one attached hydrogen (secondary N) is 1. The van der Waals surface area contributed by atoms with Gasteiger partial charge in [-0.15, -0.1) is 0 Å². The lowest BCUT2D eigenvalue weighted by atomic mass is 9.76. The molecule has 0 radical (unpaired) electrons. The first-order valence-corrected chi connectivity index (χ1v) is 18.7. The summed E-state index contributed by atoms with van der Waals surface area (Å²) in [6.07, 6.45) is 5.92. The summed E-state index contributed by atoms with van der Waals surface area (Å²) in [5, 5.41) is 17.0. The maximum atomic E-state index is 8.87. The number of unbranched alkanes of at least 4 members (excludes halogenated alkanes) is 1. The Balaban J connectivity index is 0.000000217. The molecule has 4 N–H and O–H groups in total. The van der Waals surface area contributed by atoms with Crippen molar-refractivity contribution >= 4 is 69.0 Å². The molecule has 4 aromatic carbocycles. The Labute approximate surface area is 336 Å².